The first-order valence-electron chi connectivity index (χ1n) is 6.45. The molecule has 1 fully saturated rings. The van der Waals surface area contributed by atoms with Crippen molar-refractivity contribution in [1.82, 2.24) is 4.90 Å². The fraction of sp³-hybridized carbons (Fsp3) is 0.500. The average Bonchev–Trinajstić information content (AvgIpc) is 2.41. The van der Waals surface area contributed by atoms with Crippen LogP contribution in [0.2, 0.25) is 0 Å². The molecule has 0 aliphatic carbocycles. The summed E-state index contributed by atoms with van der Waals surface area (Å²) in [6, 6.07) is 4.97. The topological polar surface area (TPSA) is 40.5 Å². The number of halogens is 2. The lowest BCUT2D eigenvalue weighted by atomic mass is 9.95. The van der Waals surface area contributed by atoms with Crippen molar-refractivity contribution < 1.29 is 9.90 Å². The van der Waals surface area contributed by atoms with E-state index >= 15 is 0 Å². The molecule has 104 valence electrons. The first-order chi connectivity index (χ1) is 9.11. The van der Waals surface area contributed by atoms with E-state index in [1.54, 1.807) is 18.2 Å². The molecule has 2 rings (SSSR count). The minimum Gasteiger partial charge on any atom is -0.507 e. The predicted octanol–water partition coefficient (Wildman–Crippen LogP) is 3.79. The molecule has 1 saturated heterocycles. The van der Waals surface area contributed by atoms with Gasteiger partial charge < -0.3 is 10.0 Å². The molecule has 0 saturated carbocycles. The van der Waals surface area contributed by atoms with Crippen molar-refractivity contribution in [2.45, 2.75) is 19.3 Å². The van der Waals surface area contributed by atoms with Gasteiger partial charge in [-0.1, -0.05) is 31.9 Å². The fourth-order valence-electron chi connectivity index (χ4n) is 2.49. The van der Waals surface area contributed by atoms with Crippen LogP contribution >= 0.6 is 31.9 Å². The normalized spacial score (nSPS) is 19.5. The van der Waals surface area contributed by atoms with Gasteiger partial charge in [0, 0.05) is 22.9 Å². The highest BCUT2D eigenvalue weighted by Crippen LogP contribution is 2.26. The molecule has 0 aromatic heterocycles. The molecule has 1 unspecified atom stereocenters. The van der Waals surface area contributed by atoms with E-state index in [1.807, 2.05) is 4.90 Å². The van der Waals surface area contributed by atoms with Gasteiger partial charge in [-0.3, -0.25) is 4.79 Å². The maximum atomic E-state index is 12.5. The third-order valence-electron chi connectivity index (χ3n) is 3.51. The summed E-state index contributed by atoms with van der Waals surface area (Å²) in [6.07, 6.45) is 3.31. The summed E-state index contributed by atoms with van der Waals surface area (Å²) >= 11 is 6.80. The summed E-state index contributed by atoms with van der Waals surface area (Å²) in [6.45, 7) is 1.57. The number of phenolic OH excluding ortho intramolecular Hbond substituents is 1. The molecule has 0 spiro atoms. The first-order valence-corrected chi connectivity index (χ1v) is 8.37. The molecule has 0 bridgehead atoms. The summed E-state index contributed by atoms with van der Waals surface area (Å²) in [5.74, 6) is 0.542. The molecule has 5 heteroatoms. The lowest BCUT2D eigenvalue weighted by molar-refractivity contribution is 0.0669. The maximum absolute atomic E-state index is 12.5. The van der Waals surface area contributed by atoms with Crippen LogP contribution in [0.1, 0.15) is 29.6 Å². The Bertz CT molecular complexity index is 463. The van der Waals surface area contributed by atoms with Crippen molar-refractivity contribution in [3.8, 4) is 5.75 Å². The SMILES string of the molecule is O=C(c1cc(Br)ccc1O)N1CCCC(CCBr)C1. The van der Waals surface area contributed by atoms with Gasteiger partial charge in [0.1, 0.15) is 5.75 Å². The second-order valence-corrected chi connectivity index (χ2v) is 6.61. The molecule has 1 heterocycles. The number of benzene rings is 1. The predicted molar refractivity (Wildman–Crippen MR) is 82.8 cm³/mol. The van der Waals surface area contributed by atoms with Crippen molar-refractivity contribution in [2.24, 2.45) is 5.92 Å². The van der Waals surface area contributed by atoms with Gasteiger partial charge in [0.25, 0.3) is 5.91 Å². The van der Waals surface area contributed by atoms with Crippen molar-refractivity contribution in [3.05, 3.63) is 28.2 Å². The number of piperidine rings is 1. The van der Waals surface area contributed by atoms with E-state index in [0.29, 0.717) is 11.5 Å². The van der Waals surface area contributed by atoms with E-state index < -0.39 is 0 Å². The summed E-state index contributed by atoms with van der Waals surface area (Å²) < 4.78 is 0.808. The molecule has 19 heavy (non-hydrogen) atoms. The molecule has 1 N–H and O–H groups in total. The number of phenols is 1. The van der Waals surface area contributed by atoms with E-state index in [0.717, 1.165) is 35.7 Å². The van der Waals surface area contributed by atoms with Gasteiger partial charge in [0.2, 0.25) is 0 Å². The van der Waals surface area contributed by atoms with Gasteiger partial charge in [0.05, 0.1) is 5.56 Å². The molecule has 1 atom stereocenters. The zero-order valence-electron chi connectivity index (χ0n) is 10.6. The maximum Gasteiger partial charge on any atom is 0.257 e. The number of hydrogen-bond donors (Lipinski definition) is 1. The zero-order chi connectivity index (χ0) is 13.8. The number of carbonyl (C=O) groups is 1. The number of likely N-dealkylation sites (tertiary alicyclic amines) is 1. The van der Waals surface area contributed by atoms with Crippen LogP contribution in [-0.2, 0) is 0 Å². The zero-order valence-corrected chi connectivity index (χ0v) is 13.8. The van der Waals surface area contributed by atoms with Gasteiger partial charge in [0.15, 0.2) is 0 Å². The van der Waals surface area contributed by atoms with Crippen molar-refractivity contribution in [3.63, 3.8) is 0 Å². The van der Waals surface area contributed by atoms with Gasteiger partial charge >= 0.3 is 0 Å². The second-order valence-electron chi connectivity index (χ2n) is 4.90. The molecule has 1 aliphatic rings. The van der Waals surface area contributed by atoms with E-state index in [-0.39, 0.29) is 11.7 Å². The number of alkyl halides is 1. The number of aromatic hydroxyl groups is 1. The lowest BCUT2D eigenvalue weighted by Crippen LogP contribution is -2.40. The van der Waals surface area contributed by atoms with Gasteiger partial charge in [-0.25, -0.2) is 0 Å². The Kier molecular flexibility index (Phi) is 5.28. The van der Waals surface area contributed by atoms with Crippen LogP contribution in [0.4, 0.5) is 0 Å². The Hall–Kier alpha value is -0.550. The quantitative estimate of drug-likeness (QED) is 0.797. The van der Waals surface area contributed by atoms with Gasteiger partial charge in [-0.2, -0.15) is 0 Å². The minimum atomic E-state index is -0.0712. The average molecular weight is 391 g/mol. The second kappa shape index (κ2) is 6.75. The van der Waals surface area contributed by atoms with E-state index in [2.05, 4.69) is 31.9 Å². The van der Waals surface area contributed by atoms with E-state index in [9.17, 15) is 9.90 Å². The molecule has 3 nitrogen and oxygen atoms in total. The minimum absolute atomic E-state index is 0.0517. The largest absolute Gasteiger partial charge is 0.507 e. The van der Waals surface area contributed by atoms with Gasteiger partial charge in [-0.05, 0) is 43.4 Å². The van der Waals surface area contributed by atoms with Crippen LogP contribution in [0, 0.1) is 5.92 Å². The Morgan fingerprint density at radius 3 is 3.00 bits per heavy atom. The third-order valence-corrected chi connectivity index (χ3v) is 4.46. The van der Waals surface area contributed by atoms with Gasteiger partial charge in [-0.15, -0.1) is 0 Å². The summed E-state index contributed by atoms with van der Waals surface area (Å²) in [5.41, 5.74) is 0.383. The highest BCUT2D eigenvalue weighted by Gasteiger charge is 2.25. The van der Waals surface area contributed by atoms with Crippen LogP contribution in [0.5, 0.6) is 5.75 Å². The Balaban J connectivity index is 2.12. The molecule has 0 radical (unpaired) electrons. The van der Waals surface area contributed by atoms with Crippen molar-refractivity contribution in [2.75, 3.05) is 18.4 Å². The van der Waals surface area contributed by atoms with Crippen LogP contribution in [0.25, 0.3) is 0 Å². The highest BCUT2D eigenvalue weighted by molar-refractivity contribution is 9.10. The Morgan fingerprint density at radius 2 is 2.26 bits per heavy atom. The fourth-order valence-corrected chi connectivity index (χ4v) is 3.50. The van der Waals surface area contributed by atoms with Crippen LogP contribution in [0.15, 0.2) is 22.7 Å². The third kappa shape index (κ3) is 3.72. The highest BCUT2D eigenvalue weighted by atomic mass is 79.9. The number of hydrogen-bond acceptors (Lipinski definition) is 2. The summed E-state index contributed by atoms with van der Waals surface area (Å²) in [4.78, 5) is 14.3. The number of nitrogens with zero attached hydrogens (tertiary/aromatic N) is 1. The van der Waals surface area contributed by atoms with Crippen LogP contribution in [0.3, 0.4) is 0 Å². The number of rotatable bonds is 3. The standard InChI is InChI=1S/C14H17Br2NO2/c15-6-5-10-2-1-7-17(9-10)14(19)12-8-11(16)3-4-13(12)18/h3-4,8,10,18H,1-2,5-7,9H2. The Labute approximate surface area is 130 Å². The molecular formula is C14H17Br2NO2. The number of carbonyl (C=O) groups excluding carboxylic acids is 1. The molecule has 1 amide bonds. The first kappa shape index (κ1) is 14.9. The molecule has 1 aliphatic heterocycles. The summed E-state index contributed by atoms with van der Waals surface area (Å²) in [5, 5.41) is 10.8. The number of amides is 1. The van der Waals surface area contributed by atoms with Crippen molar-refractivity contribution >= 4 is 37.8 Å². The monoisotopic (exact) mass is 389 g/mol. The van der Waals surface area contributed by atoms with Crippen LogP contribution in [-0.4, -0.2) is 34.3 Å². The Morgan fingerprint density at radius 1 is 1.47 bits per heavy atom. The van der Waals surface area contributed by atoms with E-state index in [1.165, 1.54) is 6.42 Å². The van der Waals surface area contributed by atoms with Crippen LogP contribution < -0.4 is 0 Å². The van der Waals surface area contributed by atoms with Crippen molar-refractivity contribution in [1.29, 1.82) is 0 Å². The molecule has 1 aromatic carbocycles. The smallest absolute Gasteiger partial charge is 0.257 e. The lowest BCUT2D eigenvalue weighted by Gasteiger charge is -2.32. The summed E-state index contributed by atoms with van der Waals surface area (Å²) in [7, 11) is 0. The molecule has 1 aromatic rings. The molecular weight excluding hydrogens is 374 g/mol. The van der Waals surface area contributed by atoms with E-state index in [4.69, 9.17) is 0 Å².